The first-order valence-electron chi connectivity index (χ1n) is 7.74. The van der Waals surface area contributed by atoms with E-state index in [0.717, 1.165) is 10.0 Å². The molecule has 0 radical (unpaired) electrons. The normalized spacial score (nSPS) is 15.6. The van der Waals surface area contributed by atoms with Gasteiger partial charge in [0.2, 0.25) is 5.91 Å². The van der Waals surface area contributed by atoms with Gasteiger partial charge in [-0.1, -0.05) is 52.0 Å². The summed E-state index contributed by atoms with van der Waals surface area (Å²) in [5, 5.41) is 2.74. The van der Waals surface area contributed by atoms with Crippen LogP contribution in [0.4, 0.5) is 5.69 Å². The van der Waals surface area contributed by atoms with E-state index in [1.165, 1.54) is 16.7 Å². The zero-order valence-electron chi connectivity index (χ0n) is 13.5. The maximum Gasteiger partial charge on any atom is 0.266 e. The molecule has 8 heteroatoms. The lowest BCUT2D eigenvalue weighted by Gasteiger charge is -2.14. The molecule has 1 saturated heterocycles. The highest BCUT2D eigenvalue weighted by atomic mass is 79.9. The number of nitrogens with zero attached hydrogens (tertiary/aromatic N) is 2. The molecule has 0 unspecified atom stereocenters. The molecule has 1 aromatic heterocycles. The van der Waals surface area contributed by atoms with E-state index in [2.05, 4.69) is 26.2 Å². The average Bonchev–Trinajstić information content (AvgIpc) is 2.87. The molecule has 0 bridgehead atoms. The summed E-state index contributed by atoms with van der Waals surface area (Å²) in [6.07, 6.45) is 5.16. The molecule has 0 atom stereocenters. The van der Waals surface area contributed by atoms with Gasteiger partial charge in [-0.05, 0) is 35.9 Å². The third-order valence-electron chi connectivity index (χ3n) is 3.53. The predicted octanol–water partition coefficient (Wildman–Crippen LogP) is 4.07. The van der Waals surface area contributed by atoms with Crippen LogP contribution in [0.2, 0.25) is 0 Å². The first-order chi connectivity index (χ1) is 12.5. The van der Waals surface area contributed by atoms with Crippen LogP contribution in [-0.2, 0) is 9.59 Å². The van der Waals surface area contributed by atoms with Crippen molar-refractivity contribution in [2.75, 3.05) is 11.9 Å². The van der Waals surface area contributed by atoms with Crippen LogP contribution in [0.25, 0.3) is 6.08 Å². The van der Waals surface area contributed by atoms with Gasteiger partial charge in [0.1, 0.15) is 4.32 Å². The molecule has 5 nitrogen and oxygen atoms in total. The van der Waals surface area contributed by atoms with Crippen LogP contribution in [0.5, 0.6) is 0 Å². The fourth-order valence-electron chi connectivity index (χ4n) is 2.31. The van der Waals surface area contributed by atoms with Crippen LogP contribution in [-0.4, -0.2) is 32.6 Å². The molecule has 1 aliphatic rings. The molecule has 3 rings (SSSR count). The smallest absolute Gasteiger partial charge is 0.266 e. The van der Waals surface area contributed by atoms with Gasteiger partial charge in [0.25, 0.3) is 5.91 Å². The van der Waals surface area contributed by atoms with E-state index in [1.54, 1.807) is 30.6 Å². The quantitative estimate of drug-likeness (QED) is 0.552. The maximum atomic E-state index is 12.6. The molecule has 0 saturated carbocycles. The lowest BCUT2D eigenvalue weighted by Crippen LogP contribution is -2.31. The summed E-state index contributed by atoms with van der Waals surface area (Å²) in [7, 11) is 0. The minimum Gasteiger partial charge on any atom is -0.325 e. The third-order valence-corrected chi connectivity index (χ3v) is 5.40. The number of anilines is 1. The second-order valence-electron chi connectivity index (χ2n) is 5.43. The number of hydrogen-bond acceptors (Lipinski definition) is 5. The number of pyridine rings is 1. The van der Waals surface area contributed by atoms with Crippen molar-refractivity contribution in [1.82, 2.24) is 9.88 Å². The van der Waals surface area contributed by atoms with Crippen molar-refractivity contribution in [3.63, 3.8) is 0 Å². The number of amides is 2. The Bertz CT molecular complexity index is 887. The number of carbonyl (C=O) groups excluding carboxylic acids is 2. The highest BCUT2D eigenvalue weighted by Gasteiger charge is 2.32. The van der Waals surface area contributed by atoms with Crippen molar-refractivity contribution in [1.29, 1.82) is 0 Å². The van der Waals surface area contributed by atoms with Crippen LogP contribution in [0.1, 0.15) is 12.0 Å². The van der Waals surface area contributed by atoms with Crippen LogP contribution in [0.15, 0.2) is 58.2 Å². The van der Waals surface area contributed by atoms with Crippen molar-refractivity contribution in [3.8, 4) is 0 Å². The molecule has 1 fully saturated rings. The molecule has 1 N–H and O–H groups in total. The van der Waals surface area contributed by atoms with E-state index in [-0.39, 0.29) is 24.8 Å². The monoisotopic (exact) mass is 447 g/mol. The largest absolute Gasteiger partial charge is 0.325 e. The van der Waals surface area contributed by atoms with Crippen molar-refractivity contribution in [2.45, 2.75) is 6.42 Å². The number of aromatic nitrogens is 1. The number of benzene rings is 1. The summed E-state index contributed by atoms with van der Waals surface area (Å²) >= 11 is 9.96. The summed E-state index contributed by atoms with van der Waals surface area (Å²) in [5.41, 5.74) is 1.53. The fourth-order valence-corrected chi connectivity index (χ4v) is 4.04. The van der Waals surface area contributed by atoms with Crippen molar-refractivity contribution >= 4 is 67.8 Å². The van der Waals surface area contributed by atoms with Crippen LogP contribution in [0, 0.1) is 0 Å². The number of thioether (sulfide) groups is 1. The topological polar surface area (TPSA) is 62.3 Å². The SMILES string of the molecule is O=C(CCN1C(=O)/C(=C\c2cccc(Br)c2)SC1=S)Nc1cccnc1. The van der Waals surface area contributed by atoms with Crippen LogP contribution >= 0.6 is 39.9 Å². The Balaban J connectivity index is 1.61. The maximum absolute atomic E-state index is 12.6. The number of hydrogen-bond donors (Lipinski definition) is 1. The van der Waals surface area contributed by atoms with Gasteiger partial charge in [-0.15, -0.1) is 0 Å². The number of nitrogens with one attached hydrogen (secondary N) is 1. The van der Waals surface area contributed by atoms with Gasteiger partial charge in [-0.3, -0.25) is 19.5 Å². The van der Waals surface area contributed by atoms with Gasteiger partial charge in [0, 0.05) is 23.6 Å². The molecule has 2 aromatic rings. The molecule has 26 heavy (non-hydrogen) atoms. The molecular weight excluding hydrogens is 434 g/mol. The summed E-state index contributed by atoms with van der Waals surface area (Å²) in [6, 6.07) is 11.2. The molecule has 1 aliphatic heterocycles. The minimum atomic E-state index is -0.192. The zero-order chi connectivity index (χ0) is 18.5. The second-order valence-corrected chi connectivity index (χ2v) is 8.02. The Morgan fingerprint density at radius 1 is 1.35 bits per heavy atom. The highest BCUT2D eigenvalue weighted by molar-refractivity contribution is 9.10. The van der Waals surface area contributed by atoms with E-state index in [0.29, 0.717) is 14.9 Å². The Labute approximate surface area is 169 Å². The van der Waals surface area contributed by atoms with Crippen LogP contribution < -0.4 is 5.32 Å². The summed E-state index contributed by atoms with van der Waals surface area (Å²) in [5.74, 6) is -0.364. The van der Waals surface area contributed by atoms with Crippen molar-refractivity contribution in [3.05, 3.63) is 63.7 Å². The molecule has 1 aromatic carbocycles. The Morgan fingerprint density at radius 3 is 2.92 bits per heavy atom. The zero-order valence-corrected chi connectivity index (χ0v) is 16.7. The van der Waals surface area contributed by atoms with Crippen molar-refractivity contribution in [2.24, 2.45) is 0 Å². The van der Waals surface area contributed by atoms with E-state index < -0.39 is 0 Å². The van der Waals surface area contributed by atoms with E-state index in [4.69, 9.17) is 12.2 Å². The van der Waals surface area contributed by atoms with Crippen molar-refractivity contribution < 1.29 is 9.59 Å². The molecule has 2 heterocycles. The Morgan fingerprint density at radius 2 is 2.19 bits per heavy atom. The second kappa shape index (κ2) is 8.57. The summed E-state index contributed by atoms with van der Waals surface area (Å²) in [4.78, 5) is 30.6. The van der Waals surface area contributed by atoms with E-state index in [9.17, 15) is 9.59 Å². The molecule has 132 valence electrons. The van der Waals surface area contributed by atoms with Gasteiger partial charge in [-0.2, -0.15) is 0 Å². The highest BCUT2D eigenvalue weighted by Crippen LogP contribution is 2.32. The molecule has 2 amide bonds. The number of thiocarbonyl (C=S) groups is 1. The lowest BCUT2D eigenvalue weighted by atomic mass is 10.2. The standard InChI is InChI=1S/C18H14BrN3O2S2/c19-13-4-1-3-12(9-13)10-15-17(24)22(18(25)26-15)8-6-16(23)21-14-5-2-7-20-11-14/h1-5,7,9-11H,6,8H2,(H,21,23)/b15-10+. The Hall–Kier alpha value is -2.03. The van der Waals surface area contributed by atoms with E-state index in [1.807, 2.05) is 24.3 Å². The van der Waals surface area contributed by atoms with Gasteiger partial charge in [0.15, 0.2) is 0 Å². The van der Waals surface area contributed by atoms with Gasteiger partial charge < -0.3 is 5.32 Å². The van der Waals surface area contributed by atoms with Gasteiger partial charge in [-0.25, -0.2) is 0 Å². The van der Waals surface area contributed by atoms with Crippen LogP contribution in [0.3, 0.4) is 0 Å². The molecule has 0 spiro atoms. The number of carbonyl (C=O) groups is 2. The lowest BCUT2D eigenvalue weighted by molar-refractivity contribution is -0.122. The first kappa shape index (κ1) is 18.8. The van der Waals surface area contributed by atoms with Gasteiger partial charge in [0.05, 0.1) is 16.8 Å². The van der Waals surface area contributed by atoms with E-state index >= 15 is 0 Å². The fraction of sp³-hybridized carbons (Fsp3) is 0.111. The Kier molecular flexibility index (Phi) is 6.18. The minimum absolute atomic E-state index is 0.158. The average molecular weight is 448 g/mol. The first-order valence-corrected chi connectivity index (χ1v) is 9.75. The molecular formula is C18H14BrN3O2S2. The predicted molar refractivity (Wildman–Crippen MR) is 112 cm³/mol. The van der Waals surface area contributed by atoms with Gasteiger partial charge >= 0.3 is 0 Å². The number of halogens is 1. The summed E-state index contributed by atoms with van der Waals surface area (Å²) < 4.78 is 1.40. The summed E-state index contributed by atoms with van der Waals surface area (Å²) in [6.45, 7) is 0.243. The molecule has 0 aliphatic carbocycles. The number of rotatable bonds is 5. The third kappa shape index (κ3) is 4.78.